The molecule has 0 aliphatic carbocycles. The smallest absolute Gasteiger partial charge is 0.335 e. The van der Waals surface area contributed by atoms with Gasteiger partial charge in [-0.25, -0.2) is 9.59 Å². The van der Waals surface area contributed by atoms with E-state index in [0.29, 0.717) is 11.3 Å². The van der Waals surface area contributed by atoms with Gasteiger partial charge in [-0.1, -0.05) is 12.1 Å². The Balaban J connectivity index is 1.92. The van der Waals surface area contributed by atoms with Crippen molar-refractivity contribution in [3.05, 3.63) is 59.4 Å². The third-order valence-electron chi connectivity index (χ3n) is 2.76. The zero-order chi connectivity index (χ0) is 15.2. The number of hydrogen-bond acceptors (Lipinski definition) is 3. The number of amides is 2. The van der Waals surface area contributed by atoms with E-state index >= 15 is 0 Å². The summed E-state index contributed by atoms with van der Waals surface area (Å²) in [5.74, 6) is -0.993. The summed E-state index contributed by atoms with van der Waals surface area (Å²) < 4.78 is 0. The molecule has 0 saturated heterocycles. The van der Waals surface area contributed by atoms with E-state index in [2.05, 4.69) is 15.6 Å². The van der Waals surface area contributed by atoms with Crippen molar-refractivity contribution in [1.29, 1.82) is 0 Å². The Labute approximate surface area is 121 Å². The summed E-state index contributed by atoms with van der Waals surface area (Å²) in [6.45, 7) is 2.12. The molecule has 0 fully saturated rings. The number of carbonyl (C=O) groups is 2. The molecule has 0 atom stereocenters. The molecule has 1 aromatic carbocycles. The number of benzene rings is 1. The molecule has 0 unspecified atom stereocenters. The summed E-state index contributed by atoms with van der Waals surface area (Å²) >= 11 is 0. The van der Waals surface area contributed by atoms with E-state index in [1.165, 1.54) is 12.1 Å². The third-order valence-corrected chi connectivity index (χ3v) is 2.76. The number of carbonyl (C=O) groups excluding carboxylic acids is 1. The van der Waals surface area contributed by atoms with Gasteiger partial charge in [0.2, 0.25) is 0 Å². The van der Waals surface area contributed by atoms with Gasteiger partial charge in [0.15, 0.2) is 0 Å². The lowest BCUT2D eigenvalue weighted by atomic mass is 10.1. The zero-order valence-corrected chi connectivity index (χ0v) is 11.5. The van der Waals surface area contributed by atoms with Crippen molar-refractivity contribution in [1.82, 2.24) is 10.3 Å². The molecule has 2 amide bonds. The number of carboxylic acid groups (broad SMARTS) is 1. The van der Waals surface area contributed by atoms with Crippen LogP contribution in [-0.4, -0.2) is 22.1 Å². The molecule has 0 spiro atoms. The Kier molecular flexibility index (Phi) is 4.50. The number of aromatic nitrogens is 1. The average molecular weight is 285 g/mol. The van der Waals surface area contributed by atoms with Crippen molar-refractivity contribution in [2.75, 3.05) is 5.32 Å². The number of urea groups is 1. The second kappa shape index (κ2) is 6.51. The number of anilines is 1. The van der Waals surface area contributed by atoms with E-state index in [1.54, 1.807) is 30.6 Å². The van der Waals surface area contributed by atoms with Crippen LogP contribution in [0.4, 0.5) is 10.5 Å². The van der Waals surface area contributed by atoms with Crippen molar-refractivity contribution in [2.45, 2.75) is 13.5 Å². The second-order valence-corrected chi connectivity index (χ2v) is 4.56. The van der Waals surface area contributed by atoms with Crippen molar-refractivity contribution < 1.29 is 14.7 Å². The number of rotatable bonds is 4. The van der Waals surface area contributed by atoms with Crippen molar-refractivity contribution in [2.24, 2.45) is 0 Å². The fraction of sp³-hybridized carbons (Fsp3) is 0.133. The average Bonchev–Trinajstić information content (AvgIpc) is 2.45. The molecule has 1 heterocycles. The standard InChI is InChI=1S/C15H15N3O3/c1-10-5-13(9-16-7-10)18-15(21)17-8-11-3-2-4-12(6-11)14(19)20/h2-7,9H,8H2,1H3,(H,19,20)(H2,17,18,21). The van der Waals surface area contributed by atoms with E-state index in [1.807, 2.05) is 6.92 Å². The monoisotopic (exact) mass is 285 g/mol. The van der Waals surface area contributed by atoms with Crippen molar-refractivity contribution in [3.8, 4) is 0 Å². The van der Waals surface area contributed by atoms with Gasteiger partial charge >= 0.3 is 12.0 Å². The number of hydrogen-bond donors (Lipinski definition) is 3. The number of pyridine rings is 1. The van der Waals surface area contributed by atoms with Gasteiger partial charge in [0.25, 0.3) is 0 Å². The summed E-state index contributed by atoms with van der Waals surface area (Å²) in [4.78, 5) is 26.6. The highest BCUT2D eigenvalue weighted by Gasteiger charge is 2.05. The lowest BCUT2D eigenvalue weighted by Gasteiger charge is -2.08. The first-order chi connectivity index (χ1) is 10.0. The van der Waals surface area contributed by atoms with E-state index in [-0.39, 0.29) is 18.1 Å². The highest BCUT2D eigenvalue weighted by atomic mass is 16.4. The molecule has 6 heteroatoms. The van der Waals surface area contributed by atoms with Gasteiger partial charge in [0, 0.05) is 12.7 Å². The van der Waals surface area contributed by atoms with E-state index < -0.39 is 5.97 Å². The van der Waals surface area contributed by atoms with Crippen LogP contribution in [-0.2, 0) is 6.54 Å². The van der Waals surface area contributed by atoms with Crippen LogP contribution in [0.1, 0.15) is 21.5 Å². The quantitative estimate of drug-likeness (QED) is 0.804. The van der Waals surface area contributed by atoms with Crippen LogP contribution in [0.25, 0.3) is 0 Å². The maximum Gasteiger partial charge on any atom is 0.335 e. The van der Waals surface area contributed by atoms with Gasteiger partial charge in [0.05, 0.1) is 17.4 Å². The maximum atomic E-state index is 11.7. The van der Waals surface area contributed by atoms with Crippen LogP contribution in [0.5, 0.6) is 0 Å². The summed E-state index contributed by atoms with van der Waals surface area (Å²) in [5.41, 5.74) is 2.46. The molecular formula is C15H15N3O3. The van der Waals surface area contributed by atoms with Gasteiger partial charge in [-0.2, -0.15) is 0 Å². The molecule has 0 bridgehead atoms. The molecule has 3 N–H and O–H groups in total. The molecule has 1 aromatic heterocycles. The first kappa shape index (κ1) is 14.5. The second-order valence-electron chi connectivity index (χ2n) is 4.56. The Bertz CT molecular complexity index is 671. The van der Waals surface area contributed by atoms with Crippen molar-refractivity contribution >= 4 is 17.7 Å². The van der Waals surface area contributed by atoms with Gasteiger partial charge in [-0.05, 0) is 36.2 Å². The fourth-order valence-corrected chi connectivity index (χ4v) is 1.80. The molecular weight excluding hydrogens is 270 g/mol. The van der Waals surface area contributed by atoms with Crippen LogP contribution in [0.3, 0.4) is 0 Å². The van der Waals surface area contributed by atoms with E-state index in [0.717, 1.165) is 5.56 Å². The first-order valence-corrected chi connectivity index (χ1v) is 6.33. The number of carboxylic acids is 1. The maximum absolute atomic E-state index is 11.7. The molecule has 2 aromatic rings. The Morgan fingerprint density at radius 2 is 2.05 bits per heavy atom. The molecule has 0 aliphatic heterocycles. The molecule has 0 aliphatic rings. The highest BCUT2D eigenvalue weighted by molar-refractivity contribution is 5.89. The fourth-order valence-electron chi connectivity index (χ4n) is 1.80. The summed E-state index contributed by atoms with van der Waals surface area (Å²) in [6, 6.07) is 7.85. The lowest BCUT2D eigenvalue weighted by Crippen LogP contribution is -2.28. The van der Waals surface area contributed by atoms with Gasteiger partial charge in [0.1, 0.15) is 0 Å². The Morgan fingerprint density at radius 1 is 1.24 bits per heavy atom. The zero-order valence-electron chi connectivity index (χ0n) is 11.5. The van der Waals surface area contributed by atoms with Crippen molar-refractivity contribution in [3.63, 3.8) is 0 Å². The summed E-state index contributed by atoms with van der Waals surface area (Å²) in [7, 11) is 0. The molecule has 0 radical (unpaired) electrons. The van der Waals surface area contributed by atoms with Crippen LogP contribution in [0.15, 0.2) is 42.7 Å². The van der Waals surface area contributed by atoms with E-state index in [4.69, 9.17) is 5.11 Å². The predicted octanol–water partition coefficient (Wildman–Crippen LogP) is 2.41. The lowest BCUT2D eigenvalue weighted by molar-refractivity contribution is 0.0696. The predicted molar refractivity (Wildman–Crippen MR) is 78.2 cm³/mol. The van der Waals surface area contributed by atoms with E-state index in [9.17, 15) is 9.59 Å². The van der Waals surface area contributed by atoms with Gasteiger partial charge < -0.3 is 15.7 Å². The Hall–Kier alpha value is -2.89. The van der Waals surface area contributed by atoms with Crippen LogP contribution >= 0.6 is 0 Å². The number of aromatic carboxylic acids is 1. The molecule has 6 nitrogen and oxygen atoms in total. The number of nitrogens with one attached hydrogen (secondary N) is 2. The number of aryl methyl sites for hydroxylation is 1. The molecule has 108 valence electrons. The SMILES string of the molecule is Cc1cncc(NC(=O)NCc2cccc(C(=O)O)c2)c1. The van der Waals surface area contributed by atoms with Crippen LogP contribution < -0.4 is 10.6 Å². The molecule has 0 saturated carbocycles. The molecule has 21 heavy (non-hydrogen) atoms. The Morgan fingerprint density at radius 3 is 2.76 bits per heavy atom. The molecule has 2 rings (SSSR count). The normalized spacial score (nSPS) is 9.95. The van der Waals surface area contributed by atoms with Gasteiger partial charge in [-0.3, -0.25) is 4.98 Å². The summed E-state index contributed by atoms with van der Waals surface area (Å²) in [5, 5.41) is 14.2. The number of nitrogens with zero attached hydrogens (tertiary/aromatic N) is 1. The van der Waals surface area contributed by atoms with Gasteiger partial charge in [-0.15, -0.1) is 0 Å². The van der Waals surface area contributed by atoms with Crippen LogP contribution in [0, 0.1) is 6.92 Å². The van der Waals surface area contributed by atoms with Crippen LogP contribution in [0.2, 0.25) is 0 Å². The largest absolute Gasteiger partial charge is 0.478 e. The minimum absolute atomic E-state index is 0.192. The summed E-state index contributed by atoms with van der Waals surface area (Å²) in [6.07, 6.45) is 3.25. The minimum atomic E-state index is -0.993. The third kappa shape index (κ3) is 4.31. The first-order valence-electron chi connectivity index (χ1n) is 6.33. The highest BCUT2D eigenvalue weighted by Crippen LogP contribution is 2.08. The minimum Gasteiger partial charge on any atom is -0.478 e. The topological polar surface area (TPSA) is 91.3 Å².